The van der Waals surface area contributed by atoms with Crippen LogP contribution in [-0.2, 0) is 4.79 Å². The van der Waals surface area contributed by atoms with Crippen LogP contribution in [0.25, 0.3) is 11.3 Å². The Morgan fingerprint density at radius 1 is 1.36 bits per heavy atom. The molecule has 114 valence electrons. The van der Waals surface area contributed by atoms with Gasteiger partial charge in [0.05, 0.1) is 11.7 Å². The summed E-state index contributed by atoms with van der Waals surface area (Å²) in [6, 6.07) is 5.76. The van der Waals surface area contributed by atoms with Crippen molar-refractivity contribution in [2.24, 2.45) is 0 Å². The molecule has 1 aliphatic rings. The second kappa shape index (κ2) is 6.51. The minimum atomic E-state index is 0.0724. The van der Waals surface area contributed by atoms with Crippen LogP contribution in [-0.4, -0.2) is 44.9 Å². The molecule has 2 aromatic heterocycles. The number of pyridine rings is 1. The van der Waals surface area contributed by atoms with Crippen molar-refractivity contribution in [3.05, 3.63) is 36.8 Å². The monoisotopic (exact) mass is 297 g/mol. The number of amides is 1. The van der Waals surface area contributed by atoms with E-state index in [1.54, 1.807) is 18.6 Å². The summed E-state index contributed by atoms with van der Waals surface area (Å²) in [5, 5.41) is 3.26. The SMILES string of the molecule is CCCN1CC(Nc2nccc(-c3cccnc3)n2)CC1=O. The minimum absolute atomic E-state index is 0.0724. The van der Waals surface area contributed by atoms with E-state index in [4.69, 9.17) is 0 Å². The van der Waals surface area contributed by atoms with Crippen LogP contribution in [0.5, 0.6) is 0 Å². The molecule has 1 N–H and O–H groups in total. The molecule has 0 bridgehead atoms. The lowest BCUT2D eigenvalue weighted by molar-refractivity contribution is -0.127. The molecule has 1 saturated heterocycles. The van der Waals surface area contributed by atoms with Crippen LogP contribution in [0.3, 0.4) is 0 Å². The normalized spacial score (nSPS) is 17.8. The highest BCUT2D eigenvalue weighted by Crippen LogP contribution is 2.18. The van der Waals surface area contributed by atoms with Gasteiger partial charge in [-0.3, -0.25) is 9.78 Å². The van der Waals surface area contributed by atoms with Crippen molar-refractivity contribution >= 4 is 11.9 Å². The van der Waals surface area contributed by atoms with Gasteiger partial charge in [0, 0.05) is 43.7 Å². The van der Waals surface area contributed by atoms with Crippen molar-refractivity contribution in [2.75, 3.05) is 18.4 Å². The van der Waals surface area contributed by atoms with Crippen molar-refractivity contribution < 1.29 is 4.79 Å². The number of carbonyl (C=O) groups is 1. The van der Waals surface area contributed by atoms with Gasteiger partial charge in [0.25, 0.3) is 0 Å². The van der Waals surface area contributed by atoms with E-state index in [-0.39, 0.29) is 11.9 Å². The van der Waals surface area contributed by atoms with Crippen molar-refractivity contribution in [1.82, 2.24) is 19.9 Å². The van der Waals surface area contributed by atoms with Crippen molar-refractivity contribution in [3.8, 4) is 11.3 Å². The second-order valence-corrected chi connectivity index (χ2v) is 5.39. The van der Waals surface area contributed by atoms with Gasteiger partial charge in [0.2, 0.25) is 11.9 Å². The van der Waals surface area contributed by atoms with Gasteiger partial charge in [0.1, 0.15) is 0 Å². The number of carbonyl (C=O) groups excluding carboxylic acids is 1. The Morgan fingerprint density at radius 3 is 3.05 bits per heavy atom. The minimum Gasteiger partial charge on any atom is -0.349 e. The number of anilines is 1. The van der Waals surface area contributed by atoms with E-state index in [1.807, 2.05) is 23.1 Å². The zero-order chi connectivity index (χ0) is 15.4. The fraction of sp³-hybridized carbons (Fsp3) is 0.375. The molecule has 0 saturated carbocycles. The summed E-state index contributed by atoms with van der Waals surface area (Å²) < 4.78 is 0. The second-order valence-electron chi connectivity index (χ2n) is 5.39. The molecule has 1 atom stereocenters. The maximum Gasteiger partial charge on any atom is 0.224 e. The van der Waals surface area contributed by atoms with Gasteiger partial charge in [-0.25, -0.2) is 9.97 Å². The lowest BCUT2D eigenvalue weighted by Gasteiger charge is -2.16. The molecule has 3 heterocycles. The average Bonchev–Trinajstić information content (AvgIpc) is 2.88. The third kappa shape index (κ3) is 3.21. The van der Waals surface area contributed by atoms with Crippen molar-refractivity contribution in [3.63, 3.8) is 0 Å². The Balaban J connectivity index is 1.70. The molecule has 0 radical (unpaired) electrons. The van der Waals surface area contributed by atoms with Crippen molar-refractivity contribution in [1.29, 1.82) is 0 Å². The first-order valence-corrected chi connectivity index (χ1v) is 7.54. The van der Waals surface area contributed by atoms with Crippen LogP contribution in [0.2, 0.25) is 0 Å². The number of nitrogens with one attached hydrogen (secondary N) is 1. The van der Waals surface area contributed by atoms with E-state index in [1.165, 1.54) is 0 Å². The fourth-order valence-electron chi connectivity index (χ4n) is 2.64. The molecular weight excluding hydrogens is 278 g/mol. The molecule has 2 aromatic rings. The van der Waals surface area contributed by atoms with E-state index in [0.717, 1.165) is 24.2 Å². The Bertz CT molecular complexity index is 646. The Hall–Kier alpha value is -2.50. The number of nitrogens with zero attached hydrogens (tertiary/aromatic N) is 4. The topological polar surface area (TPSA) is 71.0 Å². The standard InChI is InChI=1S/C16H19N5O/c1-2-8-21-11-13(9-15(21)22)19-16-18-7-5-14(20-16)12-4-3-6-17-10-12/h3-7,10,13H,2,8-9,11H2,1H3,(H,18,19,20). The lowest BCUT2D eigenvalue weighted by atomic mass is 10.2. The summed E-state index contributed by atoms with van der Waals surface area (Å²) in [7, 11) is 0. The van der Waals surface area contributed by atoms with E-state index in [2.05, 4.69) is 27.2 Å². The molecule has 1 aliphatic heterocycles. The molecule has 1 unspecified atom stereocenters. The third-order valence-corrected chi connectivity index (χ3v) is 3.65. The van der Waals surface area contributed by atoms with Crippen LogP contribution in [0.15, 0.2) is 36.8 Å². The van der Waals surface area contributed by atoms with Crippen LogP contribution in [0.4, 0.5) is 5.95 Å². The lowest BCUT2D eigenvalue weighted by Crippen LogP contribution is -2.28. The summed E-state index contributed by atoms with van der Waals surface area (Å²) >= 11 is 0. The van der Waals surface area contributed by atoms with Gasteiger partial charge >= 0.3 is 0 Å². The first-order chi connectivity index (χ1) is 10.8. The zero-order valence-corrected chi connectivity index (χ0v) is 12.6. The van der Waals surface area contributed by atoms with Gasteiger partial charge in [0.15, 0.2) is 0 Å². The Kier molecular flexibility index (Phi) is 4.27. The summed E-state index contributed by atoms with van der Waals surface area (Å²) in [6.45, 7) is 3.61. The van der Waals surface area contributed by atoms with Crippen molar-refractivity contribution in [2.45, 2.75) is 25.8 Å². The maximum absolute atomic E-state index is 11.9. The van der Waals surface area contributed by atoms with Gasteiger partial charge in [-0.1, -0.05) is 6.92 Å². The number of likely N-dealkylation sites (tertiary alicyclic amines) is 1. The Morgan fingerprint density at radius 2 is 2.27 bits per heavy atom. The predicted octanol–water partition coefficient (Wildman–Crippen LogP) is 1.96. The third-order valence-electron chi connectivity index (χ3n) is 3.65. The molecule has 6 nitrogen and oxygen atoms in total. The van der Waals surface area contributed by atoms with Gasteiger partial charge < -0.3 is 10.2 Å². The largest absolute Gasteiger partial charge is 0.349 e. The number of hydrogen-bond donors (Lipinski definition) is 1. The van der Waals surface area contributed by atoms with Crippen LogP contribution in [0, 0.1) is 0 Å². The van der Waals surface area contributed by atoms with Crippen LogP contribution >= 0.6 is 0 Å². The summed E-state index contributed by atoms with van der Waals surface area (Å²) in [4.78, 5) is 26.6. The molecule has 0 aliphatic carbocycles. The summed E-state index contributed by atoms with van der Waals surface area (Å²) in [6.07, 6.45) is 6.70. The summed E-state index contributed by atoms with van der Waals surface area (Å²) in [5.41, 5.74) is 1.77. The number of aromatic nitrogens is 3. The van der Waals surface area contributed by atoms with Gasteiger partial charge in [-0.05, 0) is 24.6 Å². The molecule has 1 fully saturated rings. The van der Waals surface area contributed by atoms with E-state index in [0.29, 0.717) is 18.9 Å². The molecule has 3 rings (SSSR count). The maximum atomic E-state index is 11.9. The molecule has 6 heteroatoms. The molecular formula is C16H19N5O. The molecule has 0 spiro atoms. The molecule has 22 heavy (non-hydrogen) atoms. The smallest absolute Gasteiger partial charge is 0.224 e. The van der Waals surface area contributed by atoms with Crippen LogP contribution in [0.1, 0.15) is 19.8 Å². The summed E-state index contributed by atoms with van der Waals surface area (Å²) in [5.74, 6) is 0.750. The van der Waals surface area contributed by atoms with Crippen LogP contribution < -0.4 is 5.32 Å². The molecule has 1 amide bonds. The highest BCUT2D eigenvalue weighted by molar-refractivity contribution is 5.79. The van der Waals surface area contributed by atoms with E-state index < -0.39 is 0 Å². The van der Waals surface area contributed by atoms with E-state index >= 15 is 0 Å². The average molecular weight is 297 g/mol. The molecule has 0 aromatic carbocycles. The van der Waals surface area contributed by atoms with Gasteiger partial charge in [-0.2, -0.15) is 0 Å². The quantitative estimate of drug-likeness (QED) is 0.913. The zero-order valence-electron chi connectivity index (χ0n) is 12.6. The number of rotatable bonds is 5. The number of hydrogen-bond acceptors (Lipinski definition) is 5. The first kappa shape index (κ1) is 14.4. The fourth-order valence-corrected chi connectivity index (χ4v) is 2.64. The van der Waals surface area contributed by atoms with Gasteiger partial charge in [-0.15, -0.1) is 0 Å². The predicted molar refractivity (Wildman–Crippen MR) is 84.2 cm³/mol. The van der Waals surface area contributed by atoms with E-state index in [9.17, 15) is 4.79 Å². The first-order valence-electron chi connectivity index (χ1n) is 7.54. The Labute approximate surface area is 129 Å². The highest BCUT2D eigenvalue weighted by Gasteiger charge is 2.29. The highest BCUT2D eigenvalue weighted by atomic mass is 16.2.